The Balaban J connectivity index is 0.00000171. The van der Waals surface area contributed by atoms with Crippen molar-refractivity contribution >= 4 is 58.4 Å². The fourth-order valence-electron chi connectivity index (χ4n) is 3.88. The van der Waals surface area contributed by atoms with Gasteiger partial charge in [-0.1, -0.05) is 26.0 Å². The largest absolute Gasteiger partial charge is 0.382 e. The van der Waals surface area contributed by atoms with E-state index in [1.807, 2.05) is 6.07 Å². The Hall–Kier alpha value is -1.38. The molecule has 2 aromatic rings. The van der Waals surface area contributed by atoms with E-state index in [9.17, 15) is 0 Å². The number of anilines is 2. The molecule has 9 heteroatoms. The van der Waals surface area contributed by atoms with E-state index in [-0.39, 0.29) is 30.9 Å². The number of amidine groups is 1. The van der Waals surface area contributed by atoms with E-state index in [2.05, 4.69) is 61.1 Å². The molecule has 2 atom stereocenters. The van der Waals surface area contributed by atoms with Gasteiger partial charge >= 0.3 is 0 Å². The van der Waals surface area contributed by atoms with E-state index < -0.39 is 0 Å². The average Bonchev–Trinajstić information content (AvgIpc) is 3.06. The van der Waals surface area contributed by atoms with Crippen molar-refractivity contribution in [1.29, 1.82) is 0 Å². The molecule has 0 aliphatic carbocycles. The van der Waals surface area contributed by atoms with Crippen LogP contribution in [0.15, 0.2) is 29.3 Å². The number of thiazole rings is 1. The first kappa shape index (κ1) is 25.9. The van der Waals surface area contributed by atoms with Gasteiger partial charge in [0.15, 0.2) is 5.84 Å². The van der Waals surface area contributed by atoms with E-state index in [4.69, 9.17) is 14.7 Å². The zero-order valence-electron chi connectivity index (χ0n) is 18.8. The number of piperazine rings is 1. The van der Waals surface area contributed by atoms with Gasteiger partial charge in [-0.3, -0.25) is 4.90 Å². The number of nitrogens with one attached hydrogen (secondary N) is 1. The first-order valence-electron chi connectivity index (χ1n) is 10.4. The number of halogens is 2. The van der Waals surface area contributed by atoms with Crippen LogP contribution in [0.4, 0.5) is 16.4 Å². The van der Waals surface area contributed by atoms with Crippen LogP contribution < -0.4 is 5.32 Å². The highest BCUT2D eigenvalue weighted by atomic mass is 35.5. The molecule has 3 heterocycles. The lowest BCUT2D eigenvalue weighted by molar-refractivity contribution is 0.0564. The van der Waals surface area contributed by atoms with Gasteiger partial charge in [-0.15, -0.1) is 36.2 Å². The molecule has 1 saturated heterocycles. The van der Waals surface area contributed by atoms with Crippen molar-refractivity contribution in [2.24, 2.45) is 4.99 Å². The minimum Gasteiger partial charge on any atom is -0.382 e. The van der Waals surface area contributed by atoms with Gasteiger partial charge in [-0.05, 0) is 32.5 Å². The molecule has 1 unspecified atom stereocenters. The summed E-state index contributed by atoms with van der Waals surface area (Å²) in [5, 5.41) is 5.84. The van der Waals surface area contributed by atoms with Crippen LogP contribution in [0.2, 0.25) is 0 Å². The number of aliphatic imine (C=N–C) groups is 1. The van der Waals surface area contributed by atoms with E-state index in [0.717, 1.165) is 59.0 Å². The molecule has 0 bridgehead atoms. The maximum atomic E-state index is 5.54. The Morgan fingerprint density at radius 1 is 1.19 bits per heavy atom. The van der Waals surface area contributed by atoms with Crippen LogP contribution in [0.5, 0.6) is 0 Å². The lowest BCUT2D eigenvalue weighted by Crippen LogP contribution is -2.54. The van der Waals surface area contributed by atoms with Gasteiger partial charge < -0.3 is 15.0 Å². The number of benzene rings is 1. The highest BCUT2D eigenvalue weighted by Gasteiger charge is 2.32. The van der Waals surface area contributed by atoms with Gasteiger partial charge in [0.05, 0.1) is 22.5 Å². The number of para-hydroxylation sites is 2. The van der Waals surface area contributed by atoms with Crippen molar-refractivity contribution in [3.8, 4) is 0 Å². The van der Waals surface area contributed by atoms with Crippen LogP contribution in [0.3, 0.4) is 0 Å². The minimum absolute atomic E-state index is 0. The number of methoxy groups -OCH3 is 1. The van der Waals surface area contributed by atoms with E-state index in [1.165, 1.54) is 0 Å². The maximum absolute atomic E-state index is 5.54. The Kier molecular flexibility index (Phi) is 9.15. The second-order valence-electron chi connectivity index (χ2n) is 8.32. The standard InChI is InChI=1S/C22H31N5OS.2ClH/c1-14(2)21-25-19-20(23-17-8-6-7-9-18(17)24-22(19)29-21)27-11-10-26(4)16(13-27)12-15(3)28-5;;/h6-9,14-16,24H,10-13H2,1-5H3;2*1H/t15-,16?;;/m0../s1. The molecule has 2 aliphatic rings. The van der Waals surface area contributed by atoms with E-state index in [1.54, 1.807) is 18.4 Å². The summed E-state index contributed by atoms with van der Waals surface area (Å²) in [6, 6.07) is 8.69. The summed E-state index contributed by atoms with van der Waals surface area (Å²) in [6.45, 7) is 9.42. The molecule has 0 radical (unpaired) electrons. The predicted molar refractivity (Wildman–Crippen MR) is 136 cm³/mol. The number of likely N-dealkylation sites (N-methyl/N-ethyl adjacent to an activating group) is 1. The third-order valence-corrected chi connectivity index (χ3v) is 7.08. The molecule has 31 heavy (non-hydrogen) atoms. The van der Waals surface area contributed by atoms with Gasteiger partial charge in [-0.25, -0.2) is 9.98 Å². The number of aromatic nitrogens is 1. The molecule has 0 amide bonds. The van der Waals surface area contributed by atoms with Crippen molar-refractivity contribution in [1.82, 2.24) is 14.8 Å². The fourth-order valence-corrected chi connectivity index (χ4v) is 4.86. The van der Waals surface area contributed by atoms with Crippen molar-refractivity contribution < 1.29 is 4.74 Å². The zero-order valence-corrected chi connectivity index (χ0v) is 21.2. The normalized spacial score (nSPS) is 19.2. The summed E-state index contributed by atoms with van der Waals surface area (Å²) < 4.78 is 5.54. The number of fused-ring (bicyclic) bond motifs is 2. The maximum Gasteiger partial charge on any atom is 0.158 e. The topological polar surface area (TPSA) is 53.0 Å². The van der Waals surface area contributed by atoms with Crippen molar-refractivity contribution in [2.75, 3.05) is 39.1 Å². The number of nitrogens with zero attached hydrogens (tertiary/aromatic N) is 4. The highest BCUT2D eigenvalue weighted by molar-refractivity contribution is 7.16. The summed E-state index contributed by atoms with van der Waals surface area (Å²) in [7, 11) is 4.00. The minimum atomic E-state index is 0. The fraction of sp³-hybridized carbons (Fsp3) is 0.545. The summed E-state index contributed by atoms with van der Waals surface area (Å²) in [5.74, 6) is 1.39. The molecular formula is C22H33Cl2N5OS. The van der Waals surface area contributed by atoms with Gasteiger partial charge in [0, 0.05) is 38.7 Å². The second kappa shape index (κ2) is 11.0. The molecule has 4 rings (SSSR count). The summed E-state index contributed by atoms with van der Waals surface area (Å²) >= 11 is 1.74. The average molecular weight is 487 g/mol. The van der Waals surface area contributed by atoms with Gasteiger partial charge in [0.2, 0.25) is 0 Å². The van der Waals surface area contributed by atoms with Crippen LogP contribution in [0.25, 0.3) is 0 Å². The first-order valence-corrected chi connectivity index (χ1v) is 11.2. The lowest BCUT2D eigenvalue weighted by Gasteiger charge is -2.41. The number of hydrogen-bond acceptors (Lipinski definition) is 7. The zero-order chi connectivity index (χ0) is 20.5. The third-order valence-electron chi connectivity index (χ3n) is 5.81. The van der Waals surface area contributed by atoms with Crippen molar-refractivity contribution in [2.45, 2.75) is 45.3 Å². The van der Waals surface area contributed by atoms with Crippen LogP contribution in [0.1, 0.15) is 43.8 Å². The summed E-state index contributed by atoms with van der Waals surface area (Å²) in [5.41, 5.74) is 3.00. The smallest absolute Gasteiger partial charge is 0.158 e. The molecule has 6 nitrogen and oxygen atoms in total. The SMILES string of the molecule is CO[C@@H](C)CC1CN(C2=Nc3ccccc3Nc3sc(C(C)C)nc32)CCN1C.Cl.Cl. The molecule has 1 aromatic heterocycles. The molecule has 1 N–H and O–H groups in total. The molecule has 0 saturated carbocycles. The van der Waals surface area contributed by atoms with E-state index >= 15 is 0 Å². The quantitative estimate of drug-likeness (QED) is 0.637. The molecule has 2 aliphatic heterocycles. The molecule has 0 spiro atoms. The van der Waals surface area contributed by atoms with Crippen LogP contribution in [-0.2, 0) is 4.74 Å². The monoisotopic (exact) mass is 485 g/mol. The first-order chi connectivity index (χ1) is 14.0. The highest BCUT2D eigenvalue weighted by Crippen LogP contribution is 2.39. The summed E-state index contributed by atoms with van der Waals surface area (Å²) in [6.07, 6.45) is 1.25. The predicted octanol–water partition coefficient (Wildman–Crippen LogP) is 5.29. The van der Waals surface area contributed by atoms with Crippen LogP contribution in [-0.4, -0.2) is 66.6 Å². The molecular weight excluding hydrogens is 453 g/mol. The third kappa shape index (κ3) is 5.52. The Bertz CT molecular complexity index is 904. The van der Waals surface area contributed by atoms with Crippen molar-refractivity contribution in [3.63, 3.8) is 0 Å². The lowest BCUT2D eigenvalue weighted by atomic mass is 10.1. The van der Waals surface area contributed by atoms with E-state index in [0.29, 0.717) is 12.0 Å². The van der Waals surface area contributed by atoms with Gasteiger partial charge in [-0.2, -0.15) is 0 Å². The number of ether oxygens (including phenoxy) is 1. The van der Waals surface area contributed by atoms with Crippen molar-refractivity contribution in [3.05, 3.63) is 35.0 Å². The second-order valence-corrected chi connectivity index (χ2v) is 9.36. The van der Waals surface area contributed by atoms with Crippen LogP contribution >= 0.6 is 36.2 Å². The Labute approximate surface area is 201 Å². The number of hydrogen-bond donors (Lipinski definition) is 1. The van der Waals surface area contributed by atoms with Gasteiger partial charge in [0.25, 0.3) is 0 Å². The Morgan fingerprint density at radius 3 is 2.65 bits per heavy atom. The molecule has 1 aromatic carbocycles. The molecule has 172 valence electrons. The Morgan fingerprint density at radius 2 is 1.94 bits per heavy atom. The van der Waals surface area contributed by atoms with Gasteiger partial charge in [0.1, 0.15) is 10.7 Å². The summed E-state index contributed by atoms with van der Waals surface area (Å²) in [4.78, 5) is 15.0. The number of rotatable bonds is 4. The molecule has 1 fully saturated rings. The van der Waals surface area contributed by atoms with Crippen LogP contribution in [0, 0.1) is 0 Å².